The van der Waals surface area contributed by atoms with Crippen LogP contribution in [0.4, 0.5) is 4.39 Å². The minimum absolute atomic E-state index is 0.231. The molecule has 0 atom stereocenters. The van der Waals surface area contributed by atoms with Crippen molar-refractivity contribution in [1.29, 1.82) is 0 Å². The van der Waals surface area contributed by atoms with Crippen LogP contribution in [-0.2, 0) is 6.42 Å². The van der Waals surface area contributed by atoms with E-state index < -0.39 is 5.82 Å². The fourth-order valence-corrected chi connectivity index (χ4v) is 2.50. The van der Waals surface area contributed by atoms with Crippen LogP contribution >= 0.6 is 0 Å². The van der Waals surface area contributed by atoms with Gasteiger partial charge >= 0.3 is 0 Å². The topological polar surface area (TPSA) is 34.9 Å². The highest BCUT2D eigenvalue weighted by Gasteiger charge is 2.13. The second-order valence-electron chi connectivity index (χ2n) is 4.97. The van der Waals surface area contributed by atoms with E-state index in [2.05, 4.69) is 4.98 Å². The fourth-order valence-electron chi connectivity index (χ4n) is 2.50. The Kier molecular flexibility index (Phi) is 3.29. The van der Waals surface area contributed by atoms with Gasteiger partial charge in [-0.1, -0.05) is 25.1 Å². The van der Waals surface area contributed by atoms with E-state index in [4.69, 9.17) is 0 Å². The summed E-state index contributed by atoms with van der Waals surface area (Å²) in [5.74, 6) is 0.246. The number of halogens is 1. The molecule has 21 heavy (non-hydrogen) atoms. The van der Waals surface area contributed by atoms with Gasteiger partial charge in [-0.3, -0.25) is 9.36 Å². The minimum Gasteiger partial charge on any atom is -0.268 e. The van der Waals surface area contributed by atoms with Gasteiger partial charge in [0.15, 0.2) is 0 Å². The number of para-hydroxylation sites is 1. The normalized spacial score (nSPS) is 11.0. The maximum absolute atomic E-state index is 13.4. The van der Waals surface area contributed by atoms with Gasteiger partial charge in [0.05, 0.1) is 16.6 Å². The molecule has 3 rings (SSSR count). The lowest BCUT2D eigenvalue weighted by atomic mass is 10.1. The van der Waals surface area contributed by atoms with Crippen LogP contribution in [0, 0.1) is 12.7 Å². The third-order valence-corrected chi connectivity index (χ3v) is 3.57. The molecular formula is C17H15FN2O. The molecular weight excluding hydrogens is 267 g/mol. The highest BCUT2D eigenvalue weighted by molar-refractivity contribution is 5.78. The Hall–Kier alpha value is -2.49. The molecule has 3 nitrogen and oxygen atoms in total. The average Bonchev–Trinajstić information content (AvgIpc) is 2.49. The van der Waals surface area contributed by atoms with Crippen molar-refractivity contribution in [2.24, 2.45) is 0 Å². The summed E-state index contributed by atoms with van der Waals surface area (Å²) in [4.78, 5) is 17.3. The number of nitrogens with zero attached hydrogens (tertiary/aromatic N) is 2. The summed E-state index contributed by atoms with van der Waals surface area (Å²) >= 11 is 0. The monoisotopic (exact) mass is 282 g/mol. The van der Waals surface area contributed by atoms with Crippen LogP contribution < -0.4 is 5.56 Å². The average molecular weight is 282 g/mol. The second-order valence-corrected chi connectivity index (χ2v) is 4.97. The zero-order chi connectivity index (χ0) is 15.0. The number of hydrogen-bond acceptors (Lipinski definition) is 2. The zero-order valence-corrected chi connectivity index (χ0v) is 11.9. The highest BCUT2D eigenvalue weighted by Crippen LogP contribution is 2.17. The van der Waals surface area contributed by atoms with Crippen LogP contribution in [0.5, 0.6) is 0 Å². The Labute approximate surface area is 121 Å². The molecule has 0 fully saturated rings. The Morgan fingerprint density at radius 3 is 2.67 bits per heavy atom. The fraction of sp³-hybridized carbons (Fsp3) is 0.176. The molecule has 0 saturated heterocycles. The van der Waals surface area contributed by atoms with Crippen molar-refractivity contribution in [2.75, 3.05) is 0 Å². The summed E-state index contributed by atoms with van der Waals surface area (Å²) in [5, 5.41) is 0.301. The van der Waals surface area contributed by atoms with E-state index in [0.29, 0.717) is 23.1 Å². The minimum atomic E-state index is -0.429. The molecule has 0 saturated carbocycles. The van der Waals surface area contributed by atoms with Crippen molar-refractivity contribution >= 4 is 10.9 Å². The zero-order valence-electron chi connectivity index (χ0n) is 11.9. The van der Waals surface area contributed by atoms with E-state index in [1.54, 1.807) is 10.6 Å². The van der Waals surface area contributed by atoms with E-state index in [-0.39, 0.29) is 5.56 Å². The molecule has 0 N–H and O–H groups in total. The molecule has 3 aromatic rings. The Morgan fingerprint density at radius 1 is 1.19 bits per heavy atom. The Morgan fingerprint density at radius 2 is 1.95 bits per heavy atom. The first-order valence-electron chi connectivity index (χ1n) is 6.89. The van der Waals surface area contributed by atoms with Crippen molar-refractivity contribution < 1.29 is 4.39 Å². The number of rotatable bonds is 2. The summed E-state index contributed by atoms with van der Waals surface area (Å²) in [6.45, 7) is 3.89. The maximum Gasteiger partial charge on any atom is 0.266 e. The van der Waals surface area contributed by atoms with Crippen molar-refractivity contribution in [3.63, 3.8) is 0 Å². The Bertz CT molecular complexity index is 884. The summed E-state index contributed by atoms with van der Waals surface area (Å²) in [5.41, 5.74) is 2.07. The number of benzene rings is 2. The van der Waals surface area contributed by atoms with Gasteiger partial charge in [-0.15, -0.1) is 0 Å². The molecule has 106 valence electrons. The predicted molar refractivity (Wildman–Crippen MR) is 81.4 cm³/mol. The van der Waals surface area contributed by atoms with Crippen molar-refractivity contribution in [3.05, 3.63) is 70.0 Å². The first-order chi connectivity index (χ1) is 10.1. The molecule has 0 unspecified atom stereocenters. The smallest absolute Gasteiger partial charge is 0.266 e. The lowest BCUT2D eigenvalue weighted by molar-refractivity contribution is 0.629. The van der Waals surface area contributed by atoms with Gasteiger partial charge in [0, 0.05) is 6.42 Å². The highest BCUT2D eigenvalue weighted by atomic mass is 19.1. The van der Waals surface area contributed by atoms with Crippen LogP contribution in [0.3, 0.4) is 0 Å². The molecule has 4 heteroatoms. The number of fused-ring (bicyclic) bond motifs is 1. The third-order valence-electron chi connectivity index (χ3n) is 3.57. The molecule has 0 radical (unpaired) electrons. The molecule has 2 aromatic carbocycles. The number of hydrogen-bond donors (Lipinski definition) is 0. The van der Waals surface area contributed by atoms with E-state index in [9.17, 15) is 9.18 Å². The maximum atomic E-state index is 13.4. The van der Waals surface area contributed by atoms with Crippen molar-refractivity contribution in [1.82, 2.24) is 9.55 Å². The van der Waals surface area contributed by atoms with Gasteiger partial charge in [-0.05, 0) is 36.8 Å². The quantitative estimate of drug-likeness (QED) is 0.722. The molecule has 0 aliphatic heterocycles. The van der Waals surface area contributed by atoms with Gasteiger partial charge in [0.2, 0.25) is 0 Å². The van der Waals surface area contributed by atoms with Gasteiger partial charge in [0.1, 0.15) is 11.6 Å². The summed E-state index contributed by atoms with van der Waals surface area (Å²) in [7, 11) is 0. The molecule has 0 bridgehead atoms. The lowest BCUT2D eigenvalue weighted by Gasteiger charge is -2.14. The molecule has 1 heterocycles. The van der Waals surface area contributed by atoms with Gasteiger partial charge in [-0.2, -0.15) is 0 Å². The molecule has 0 aliphatic rings. The van der Waals surface area contributed by atoms with Gasteiger partial charge < -0.3 is 0 Å². The molecule has 0 spiro atoms. The van der Waals surface area contributed by atoms with Crippen LogP contribution in [-0.4, -0.2) is 9.55 Å². The molecule has 1 aromatic heterocycles. The van der Waals surface area contributed by atoms with E-state index in [1.165, 1.54) is 12.1 Å². The standard InChI is InChI=1S/C17H15FN2O/c1-3-16-19-14-9-8-12(18)10-13(14)17(21)20(16)15-7-5-4-6-11(15)2/h4-10H,3H2,1-2H3. The summed E-state index contributed by atoms with van der Waals surface area (Å²) in [6, 6.07) is 11.7. The number of aromatic nitrogens is 2. The summed E-state index contributed by atoms with van der Waals surface area (Å²) in [6.07, 6.45) is 0.622. The van der Waals surface area contributed by atoms with Crippen molar-refractivity contribution in [3.8, 4) is 5.69 Å². The lowest BCUT2D eigenvalue weighted by Crippen LogP contribution is -2.24. The second kappa shape index (κ2) is 5.13. The Balaban J connectivity index is 2.44. The third kappa shape index (κ3) is 2.23. The van der Waals surface area contributed by atoms with Crippen LogP contribution in [0.15, 0.2) is 47.3 Å². The number of aryl methyl sites for hydroxylation is 2. The predicted octanol–water partition coefficient (Wildman–Crippen LogP) is 3.40. The van der Waals surface area contributed by atoms with Crippen LogP contribution in [0.2, 0.25) is 0 Å². The molecule has 0 aliphatic carbocycles. The van der Waals surface area contributed by atoms with Crippen LogP contribution in [0.25, 0.3) is 16.6 Å². The van der Waals surface area contributed by atoms with Gasteiger partial charge in [-0.25, -0.2) is 9.37 Å². The largest absolute Gasteiger partial charge is 0.268 e. The van der Waals surface area contributed by atoms with Crippen LogP contribution in [0.1, 0.15) is 18.3 Å². The van der Waals surface area contributed by atoms with E-state index in [0.717, 1.165) is 11.3 Å². The SMILES string of the molecule is CCc1nc2ccc(F)cc2c(=O)n1-c1ccccc1C. The van der Waals surface area contributed by atoms with E-state index in [1.807, 2.05) is 38.1 Å². The molecule has 0 amide bonds. The first kappa shape index (κ1) is 13.5. The van der Waals surface area contributed by atoms with Gasteiger partial charge in [0.25, 0.3) is 5.56 Å². The van der Waals surface area contributed by atoms with Crippen molar-refractivity contribution in [2.45, 2.75) is 20.3 Å². The first-order valence-corrected chi connectivity index (χ1v) is 6.89. The van der Waals surface area contributed by atoms with E-state index >= 15 is 0 Å². The summed E-state index contributed by atoms with van der Waals surface area (Å²) < 4.78 is 15.0.